The molecule has 2 saturated carbocycles. The van der Waals surface area contributed by atoms with Crippen molar-refractivity contribution < 1.29 is 4.79 Å². The lowest BCUT2D eigenvalue weighted by atomic mass is 9.68. The molecule has 0 heterocycles. The molecule has 1 N–H and O–H groups in total. The lowest BCUT2D eigenvalue weighted by Gasteiger charge is -2.37. The molecule has 2 rings (SSSR count). The minimum atomic E-state index is 0.723. The first-order chi connectivity index (χ1) is 8.73. The van der Waals surface area contributed by atoms with E-state index < -0.39 is 0 Å². The van der Waals surface area contributed by atoms with Crippen LogP contribution in [-0.2, 0) is 4.79 Å². The molecule has 0 spiro atoms. The third-order valence-electron chi connectivity index (χ3n) is 5.09. The number of hydrogen-bond donors (Lipinski definition) is 1. The number of rotatable bonds is 1. The predicted molar refractivity (Wildman–Crippen MR) is 75.4 cm³/mol. The molecule has 0 aromatic heterocycles. The fraction of sp³-hybridized carbons (Fsp3) is 0.938. The van der Waals surface area contributed by atoms with Crippen LogP contribution in [0.4, 0.5) is 0 Å². The zero-order valence-corrected chi connectivity index (χ0v) is 12.0. The molecule has 0 aromatic carbocycles. The Bertz CT molecular complexity index is 240. The molecule has 2 aliphatic carbocycles. The second kappa shape index (κ2) is 8.48. The van der Waals surface area contributed by atoms with Gasteiger partial charge in [0.05, 0.1) is 0 Å². The van der Waals surface area contributed by atoms with Crippen LogP contribution in [0.1, 0.15) is 84.0 Å². The molecule has 0 atom stereocenters. The molecule has 104 valence electrons. The zero-order chi connectivity index (χ0) is 13.3. The summed E-state index contributed by atoms with van der Waals surface area (Å²) >= 11 is 0. The predicted octanol–water partition coefficient (Wildman–Crippen LogP) is 5.22. The van der Waals surface area contributed by atoms with E-state index in [-0.39, 0.29) is 0 Å². The second-order valence-electron chi connectivity index (χ2n) is 6.36. The third kappa shape index (κ3) is 4.94. The summed E-state index contributed by atoms with van der Waals surface area (Å²) in [6, 6.07) is 0. The normalized spacial score (nSPS) is 24.9. The largest absolute Gasteiger partial charge is 0.231 e. The minimum Gasteiger partial charge on any atom is -0.222 e. The van der Waals surface area contributed by atoms with E-state index in [0.29, 0.717) is 0 Å². The Morgan fingerprint density at radius 3 is 1.72 bits per heavy atom. The standard InChI is InChI=1S/C15H28.CHNO/c1-15(12-8-4-5-9-13-15)14-10-6-2-3-7-11-14;2-1-3/h14H,2-13H2,1H3;2H. The molecule has 0 saturated heterocycles. The van der Waals surface area contributed by atoms with E-state index in [4.69, 9.17) is 10.2 Å². The summed E-state index contributed by atoms with van der Waals surface area (Å²) in [5, 5.41) is 5.40. The SMILES string of the molecule is CC1(C2CCCCCC2)CCCCCC1.N=C=O. The van der Waals surface area contributed by atoms with Gasteiger partial charge in [0.2, 0.25) is 6.08 Å². The summed E-state index contributed by atoms with van der Waals surface area (Å²) in [6.45, 7) is 2.61. The Balaban J connectivity index is 0.000000492. The molecule has 2 nitrogen and oxygen atoms in total. The van der Waals surface area contributed by atoms with E-state index in [1.54, 1.807) is 0 Å². The molecule has 2 fully saturated rings. The molecule has 0 aromatic rings. The van der Waals surface area contributed by atoms with Crippen molar-refractivity contribution in [2.24, 2.45) is 11.3 Å². The average Bonchev–Trinajstić information content (AvgIpc) is 2.73. The van der Waals surface area contributed by atoms with Crippen molar-refractivity contribution in [3.63, 3.8) is 0 Å². The van der Waals surface area contributed by atoms with Crippen LogP contribution in [0.25, 0.3) is 0 Å². The van der Waals surface area contributed by atoms with Crippen molar-refractivity contribution >= 4 is 6.08 Å². The minimum absolute atomic E-state index is 0.723. The number of nitrogens with one attached hydrogen (secondary N) is 1. The Morgan fingerprint density at radius 1 is 0.889 bits per heavy atom. The summed E-state index contributed by atoms with van der Waals surface area (Å²) in [5.74, 6) is 1.07. The van der Waals surface area contributed by atoms with E-state index in [1.807, 2.05) is 0 Å². The van der Waals surface area contributed by atoms with Gasteiger partial charge in [-0.05, 0) is 37.0 Å². The maximum absolute atomic E-state index is 8.35. The first-order valence-electron chi connectivity index (χ1n) is 7.77. The molecule has 2 heteroatoms. The van der Waals surface area contributed by atoms with Gasteiger partial charge >= 0.3 is 0 Å². The first kappa shape index (κ1) is 15.4. The van der Waals surface area contributed by atoms with Gasteiger partial charge in [0.1, 0.15) is 0 Å². The lowest BCUT2D eigenvalue weighted by molar-refractivity contribution is 0.139. The summed E-state index contributed by atoms with van der Waals surface area (Å²) in [6.07, 6.45) is 18.9. The molecule has 18 heavy (non-hydrogen) atoms. The summed E-state index contributed by atoms with van der Waals surface area (Å²) in [4.78, 5) is 8.35. The van der Waals surface area contributed by atoms with Crippen molar-refractivity contribution in [3.05, 3.63) is 0 Å². The molecule has 0 amide bonds. The van der Waals surface area contributed by atoms with Gasteiger partial charge in [-0.25, -0.2) is 10.2 Å². The molecule has 0 aliphatic heterocycles. The summed E-state index contributed by atoms with van der Waals surface area (Å²) < 4.78 is 0. The van der Waals surface area contributed by atoms with Crippen LogP contribution in [-0.4, -0.2) is 6.08 Å². The van der Waals surface area contributed by atoms with Gasteiger partial charge in [-0.15, -0.1) is 0 Å². The van der Waals surface area contributed by atoms with Crippen molar-refractivity contribution in [3.8, 4) is 0 Å². The van der Waals surface area contributed by atoms with Crippen LogP contribution in [0.5, 0.6) is 0 Å². The van der Waals surface area contributed by atoms with Crippen LogP contribution in [0, 0.1) is 16.7 Å². The molecular formula is C16H29NO. The van der Waals surface area contributed by atoms with Crippen LogP contribution in [0.3, 0.4) is 0 Å². The monoisotopic (exact) mass is 251 g/mol. The molecule has 2 aliphatic rings. The Hall–Kier alpha value is -0.620. The average molecular weight is 251 g/mol. The van der Waals surface area contributed by atoms with Crippen LogP contribution in [0.2, 0.25) is 0 Å². The van der Waals surface area contributed by atoms with Gasteiger partial charge in [-0.3, -0.25) is 0 Å². The number of hydrogen-bond acceptors (Lipinski definition) is 2. The molecular weight excluding hydrogens is 222 g/mol. The van der Waals surface area contributed by atoms with Gasteiger partial charge in [0, 0.05) is 0 Å². The van der Waals surface area contributed by atoms with Crippen molar-refractivity contribution in [2.45, 2.75) is 84.0 Å². The van der Waals surface area contributed by atoms with Crippen LogP contribution >= 0.6 is 0 Å². The van der Waals surface area contributed by atoms with Crippen LogP contribution in [0.15, 0.2) is 0 Å². The smallest absolute Gasteiger partial charge is 0.222 e. The highest BCUT2D eigenvalue weighted by atomic mass is 16.1. The van der Waals surface area contributed by atoms with Crippen molar-refractivity contribution in [1.82, 2.24) is 0 Å². The summed E-state index contributed by atoms with van der Waals surface area (Å²) in [7, 11) is 0. The van der Waals surface area contributed by atoms with Gasteiger partial charge in [0.15, 0.2) is 0 Å². The van der Waals surface area contributed by atoms with E-state index >= 15 is 0 Å². The zero-order valence-electron chi connectivity index (χ0n) is 12.0. The topological polar surface area (TPSA) is 40.9 Å². The number of isocyanates is 1. The van der Waals surface area contributed by atoms with Gasteiger partial charge in [-0.1, -0.05) is 58.3 Å². The van der Waals surface area contributed by atoms with Gasteiger partial charge in [0.25, 0.3) is 0 Å². The highest BCUT2D eigenvalue weighted by Crippen LogP contribution is 2.46. The number of carbonyl (C=O) groups excluding carboxylic acids is 1. The van der Waals surface area contributed by atoms with Gasteiger partial charge in [-0.2, -0.15) is 0 Å². The molecule has 0 unspecified atom stereocenters. The quantitative estimate of drug-likeness (QED) is 0.387. The fourth-order valence-corrected chi connectivity index (χ4v) is 3.92. The Morgan fingerprint density at radius 2 is 1.28 bits per heavy atom. The van der Waals surface area contributed by atoms with E-state index in [9.17, 15) is 0 Å². The second-order valence-corrected chi connectivity index (χ2v) is 6.36. The van der Waals surface area contributed by atoms with Crippen LogP contribution < -0.4 is 0 Å². The molecule has 0 bridgehead atoms. The molecule has 0 radical (unpaired) electrons. The highest BCUT2D eigenvalue weighted by Gasteiger charge is 2.34. The highest BCUT2D eigenvalue weighted by molar-refractivity contribution is 5.26. The Labute approximate surface area is 112 Å². The first-order valence-corrected chi connectivity index (χ1v) is 7.77. The summed E-state index contributed by atoms with van der Waals surface area (Å²) in [5.41, 5.74) is 0.723. The fourth-order valence-electron chi connectivity index (χ4n) is 3.92. The third-order valence-corrected chi connectivity index (χ3v) is 5.09. The van der Waals surface area contributed by atoms with Crippen molar-refractivity contribution in [2.75, 3.05) is 0 Å². The Kier molecular flexibility index (Phi) is 7.27. The maximum atomic E-state index is 8.35. The maximum Gasteiger partial charge on any atom is 0.231 e. The van der Waals surface area contributed by atoms with E-state index in [1.165, 1.54) is 77.0 Å². The lowest BCUT2D eigenvalue weighted by Crippen LogP contribution is -2.26. The van der Waals surface area contributed by atoms with E-state index in [2.05, 4.69) is 6.92 Å². The van der Waals surface area contributed by atoms with Crippen molar-refractivity contribution in [1.29, 1.82) is 5.41 Å². The van der Waals surface area contributed by atoms with E-state index in [0.717, 1.165) is 17.4 Å². The van der Waals surface area contributed by atoms with Gasteiger partial charge < -0.3 is 0 Å².